The largest absolute Gasteiger partial charge is 0.346 e. The molecule has 0 aliphatic heterocycles. The third kappa shape index (κ3) is 4.02. The van der Waals surface area contributed by atoms with E-state index in [1.165, 1.54) is 0 Å². The van der Waals surface area contributed by atoms with Crippen LogP contribution in [0.15, 0.2) is 54.6 Å². The highest BCUT2D eigenvalue weighted by atomic mass is 16.1. The maximum atomic E-state index is 12.2. The predicted molar refractivity (Wildman–Crippen MR) is 79.6 cm³/mol. The molecule has 1 amide bonds. The lowest BCUT2D eigenvalue weighted by molar-refractivity contribution is -0.119. The number of ketones is 1. The van der Waals surface area contributed by atoms with E-state index in [0.29, 0.717) is 17.7 Å². The predicted octanol–water partition coefficient (Wildman–Crippen LogP) is 2.45. The molecule has 0 bridgehead atoms. The van der Waals surface area contributed by atoms with Crippen molar-refractivity contribution in [3.8, 4) is 0 Å². The molecular formula is C17H14N2O2. The fourth-order valence-corrected chi connectivity index (χ4v) is 1.86. The molecule has 0 heterocycles. The van der Waals surface area contributed by atoms with E-state index in [0.717, 1.165) is 5.56 Å². The summed E-state index contributed by atoms with van der Waals surface area (Å²) in [7, 11) is 0. The molecule has 104 valence electrons. The van der Waals surface area contributed by atoms with E-state index in [2.05, 4.69) is 10.2 Å². The van der Waals surface area contributed by atoms with Crippen LogP contribution in [0, 0.1) is 6.57 Å². The van der Waals surface area contributed by atoms with Crippen LogP contribution in [0.5, 0.6) is 0 Å². The van der Waals surface area contributed by atoms with Gasteiger partial charge in [0, 0.05) is 17.7 Å². The number of amides is 1. The quantitative estimate of drug-likeness (QED) is 0.674. The first-order valence-corrected chi connectivity index (χ1v) is 6.49. The van der Waals surface area contributed by atoms with E-state index in [1.54, 1.807) is 36.4 Å². The highest BCUT2D eigenvalue weighted by molar-refractivity contribution is 6.08. The van der Waals surface area contributed by atoms with Crippen LogP contribution in [0.4, 0.5) is 0 Å². The highest BCUT2D eigenvalue weighted by Crippen LogP contribution is 2.11. The summed E-state index contributed by atoms with van der Waals surface area (Å²) in [5.41, 5.74) is 2.14. The van der Waals surface area contributed by atoms with Gasteiger partial charge in [-0.3, -0.25) is 9.59 Å². The molecule has 4 nitrogen and oxygen atoms in total. The normalized spacial score (nSPS) is 9.67. The molecule has 0 aliphatic rings. The van der Waals surface area contributed by atoms with Crippen LogP contribution in [-0.2, 0) is 11.3 Å². The smallest absolute Gasteiger partial charge is 0.300 e. The van der Waals surface area contributed by atoms with Crippen molar-refractivity contribution in [2.24, 2.45) is 0 Å². The van der Waals surface area contributed by atoms with E-state index in [4.69, 9.17) is 6.57 Å². The Morgan fingerprint density at radius 1 is 0.952 bits per heavy atom. The Morgan fingerprint density at radius 2 is 1.57 bits per heavy atom. The number of rotatable bonds is 5. The van der Waals surface area contributed by atoms with Crippen LogP contribution in [0.1, 0.15) is 21.5 Å². The molecule has 0 saturated carbocycles. The minimum Gasteiger partial charge on any atom is -0.346 e. The van der Waals surface area contributed by atoms with Crippen LogP contribution in [-0.4, -0.2) is 18.2 Å². The lowest BCUT2D eigenvalue weighted by atomic mass is 10.0. The third-order valence-corrected chi connectivity index (χ3v) is 2.96. The number of carbonyl (C=O) groups excluding carboxylic acids is 2. The maximum Gasteiger partial charge on any atom is 0.300 e. The van der Waals surface area contributed by atoms with Crippen molar-refractivity contribution in [2.75, 3.05) is 6.54 Å². The Morgan fingerprint density at radius 3 is 2.19 bits per heavy atom. The second kappa shape index (κ2) is 7.01. The lowest BCUT2D eigenvalue weighted by Gasteiger charge is -2.04. The Labute approximate surface area is 123 Å². The topological polar surface area (TPSA) is 50.5 Å². The van der Waals surface area contributed by atoms with Gasteiger partial charge in [-0.2, -0.15) is 0 Å². The molecule has 0 saturated heterocycles. The number of nitrogens with zero attached hydrogens (tertiary/aromatic N) is 1. The number of carbonyl (C=O) groups is 2. The fraction of sp³-hybridized carbons (Fsp3) is 0.118. The molecule has 0 atom stereocenters. The van der Waals surface area contributed by atoms with Crippen molar-refractivity contribution in [3.05, 3.63) is 82.7 Å². The zero-order valence-corrected chi connectivity index (χ0v) is 11.4. The number of nitrogens with one attached hydrogen (secondary N) is 1. The van der Waals surface area contributed by atoms with Crippen molar-refractivity contribution in [1.82, 2.24) is 5.32 Å². The van der Waals surface area contributed by atoms with Gasteiger partial charge in [-0.1, -0.05) is 54.6 Å². The van der Waals surface area contributed by atoms with Gasteiger partial charge in [0.2, 0.25) is 0 Å². The second-order valence-corrected chi connectivity index (χ2v) is 4.49. The molecule has 0 aromatic heterocycles. The van der Waals surface area contributed by atoms with Crippen molar-refractivity contribution < 1.29 is 9.59 Å². The van der Waals surface area contributed by atoms with Gasteiger partial charge in [-0.15, -0.1) is 0 Å². The van der Waals surface area contributed by atoms with Gasteiger partial charge in [0.1, 0.15) is 0 Å². The van der Waals surface area contributed by atoms with Crippen molar-refractivity contribution >= 4 is 11.7 Å². The van der Waals surface area contributed by atoms with E-state index < -0.39 is 0 Å². The molecule has 0 fully saturated rings. The first kappa shape index (κ1) is 14.5. The molecular weight excluding hydrogens is 264 g/mol. The average molecular weight is 278 g/mol. The molecule has 21 heavy (non-hydrogen) atoms. The number of hydrogen-bond donors (Lipinski definition) is 1. The van der Waals surface area contributed by atoms with Gasteiger partial charge in [0.15, 0.2) is 5.78 Å². The Balaban J connectivity index is 2.01. The van der Waals surface area contributed by atoms with Crippen LogP contribution in [0.3, 0.4) is 0 Å². The summed E-state index contributed by atoms with van der Waals surface area (Å²) in [5, 5.41) is 2.64. The molecule has 2 aromatic carbocycles. The summed E-state index contributed by atoms with van der Waals surface area (Å²) in [6.45, 7) is 6.79. The van der Waals surface area contributed by atoms with Gasteiger partial charge in [-0.25, -0.2) is 6.57 Å². The zero-order chi connectivity index (χ0) is 15.1. The van der Waals surface area contributed by atoms with Crippen LogP contribution < -0.4 is 5.32 Å². The van der Waals surface area contributed by atoms with Gasteiger partial charge in [-0.05, 0) is 5.56 Å². The molecule has 1 N–H and O–H groups in total. The van der Waals surface area contributed by atoms with E-state index in [1.807, 2.05) is 18.2 Å². The molecule has 0 aliphatic carbocycles. The van der Waals surface area contributed by atoms with Gasteiger partial charge < -0.3 is 10.2 Å². The summed E-state index contributed by atoms with van der Waals surface area (Å²) in [6.07, 6.45) is 0. The maximum absolute atomic E-state index is 12.2. The summed E-state index contributed by atoms with van der Waals surface area (Å²) >= 11 is 0. The van der Waals surface area contributed by atoms with E-state index >= 15 is 0 Å². The second-order valence-electron chi connectivity index (χ2n) is 4.49. The summed E-state index contributed by atoms with van der Waals surface area (Å²) in [4.78, 5) is 26.4. The fourth-order valence-electron chi connectivity index (χ4n) is 1.86. The molecule has 0 radical (unpaired) electrons. The first-order valence-electron chi connectivity index (χ1n) is 6.49. The summed E-state index contributed by atoms with van der Waals surface area (Å²) < 4.78 is 0. The Kier molecular flexibility index (Phi) is 4.84. The van der Waals surface area contributed by atoms with Gasteiger partial charge in [0.25, 0.3) is 12.5 Å². The highest BCUT2D eigenvalue weighted by Gasteiger charge is 2.08. The first-order chi connectivity index (χ1) is 10.2. The molecule has 2 aromatic rings. The number of hydrogen-bond acceptors (Lipinski definition) is 2. The molecule has 0 spiro atoms. The van der Waals surface area contributed by atoms with Crippen molar-refractivity contribution in [2.45, 2.75) is 6.54 Å². The molecule has 4 heteroatoms. The molecule has 0 unspecified atom stereocenters. The SMILES string of the molecule is [C-]#[N+]CC(=O)NCc1ccc(C(=O)c2ccccc2)cc1. The van der Waals surface area contributed by atoms with Crippen LogP contribution in [0.2, 0.25) is 0 Å². The van der Waals surface area contributed by atoms with Crippen molar-refractivity contribution in [1.29, 1.82) is 0 Å². The minimum atomic E-state index is -0.297. The lowest BCUT2D eigenvalue weighted by Crippen LogP contribution is -2.24. The average Bonchev–Trinajstić information content (AvgIpc) is 2.54. The zero-order valence-electron chi connectivity index (χ0n) is 11.4. The number of benzene rings is 2. The Hall–Kier alpha value is -2.93. The van der Waals surface area contributed by atoms with Gasteiger partial charge in [0.05, 0.1) is 0 Å². The minimum absolute atomic E-state index is 0.0285. The standard InChI is InChI=1S/C17H14N2O2/c1-18-12-16(20)19-11-13-7-9-15(10-8-13)17(21)14-5-3-2-4-6-14/h2-10H,11-12H2,(H,19,20). The van der Waals surface area contributed by atoms with Crippen LogP contribution in [0.25, 0.3) is 4.85 Å². The Bertz CT molecular complexity index is 670. The van der Waals surface area contributed by atoms with Crippen LogP contribution >= 0.6 is 0 Å². The van der Waals surface area contributed by atoms with E-state index in [9.17, 15) is 9.59 Å². The van der Waals surface area contributed by atoms with Crippen molar-refractivity contribution in [3.63, 3.8) is 0 Å². The molecule has 2 rings (SSSR count). The van der Waals surface area contributed by atoms with Gasteiger partial charge >= 0.3 is 0 Å². The summed E-state index contributed by atoms with van der Waals surface area (Å²) in [6, 6.07) is 16.2. The summed E-state index contributed by atoms with van der Waals surface area (Å²) in [5.74, 6) is -0.325. The monoisotopic (exact) mass is 278 g/mol. The van der Waals surface area contributed by atoms with E-state index in [-0.39, 0.29) is 18.2 Å². The third-order valence-electron chi connectivity index (χ3n) is 2.96.